The fourth-order valence-corrected chi connectivity index (χ4v) is 1.14. The molecule has 0 aromatic heterocycles. The van der Waals surface area contributed by atoms with Crippen LogP contribution in [-0.4, -0.2) is 26.5 Å². The Balaban J connectivity index is 2.95. The number of hydrogen-bond acceptors (Lipinski definition) is 4. The van der Waals surface area contributed by atoms with Gasteiger partial charge in [0.05, 0.1) is 19.8 Å². The first-order valence-corrected chi connectivity index (χ1v) is 4.60. The number of carbonyl (C=O) groups excluding carboxylic acids is 2. The first-order valence-electron chi connectivity index (χ1n) is 4.60. The highest BCUT2D eigenvalue weighted by Gasteiger charge is 2.07. The Morgan fingerprint density at radius 3 is 2.25 bits per heavy atom. The van der Waals surface area contributed by atoms with Crippen molar-refractivity contribution in [2.24, 2.45) is 0 Å². The summed E-state index contributed by atoms with van der Waals surface area (Å²) in [5.41, 5.74) is 0.709. The lowest BCUT2D eigenvalue weighted by Gasteiger charge is -2.00. The van der Waals surface area contributed by atoms with E-state index in [0.29, 0.717) is 12.0 Å². The van der Waals surface area contributed by atoms with Crippen molar-refractivity contribution in [3.8, 4) is 5.75 Å². The first kappa shape index (κ1) is 12.0. The van der Waals surface area contributed by atoms with Crippen LogP contribution in [0.3, 0.4) is 0 Å². The van der Waals surface area contributed by atoms with Crippen LogP contribution < -0.4 is 4.74 Å². The summed E-state index contributed by atoms with van der Waals surface area (Å²) in [7, 11) is 2.80. The lowest BCUT2D eigenvalue weighted by atomic mass is 10.1. The van der Waals surface area contributed by atoms with E-state index in [1.807, 2.05) is 0 Å². The quantitative estimate of drug-likeness (QED) is 0.253. The van der Waals surface area contributed by atoms with Crippen molar-refractivity contribution < 1.29 is 19.1 Å². The SMILES string of the molecule is COC(=O)/C(C=O)=C\c1ccc(OC)cc1. The van der Waals surface area contributed by atoms with Gasteiger partial charge in [-0.3, -0.25) is 4.79 Å². The maximum atomic E-state index is 11.1. The van der Waals surface area contributed by atoms with Crippen LogP contribution in [0.15, 0.2) is 29.8 Å². The van der Waals surface area contributed by atoms with E-state index < -0.39 is 5.97 Å². The molecule has 1 aromatic rings. The van der Waals surface area contributed by atoms with Crippen LogP contribution in [0.1, 0.15) is 5.56 Å². The van der Waals surface area contributed by atoms with E-state index in [1.165, 1.54) is 13.2 Å². The summed E-state index contributed by atoms with van der Waals surface area (Å²) in [6.45, 7) is 0. The molecule has 0 fully saturated rings. The zero-order valence-corrected chi connectivity index (χ0v) is 9.10. The number of carbonyl (C=O) groups is 2. The van der Waals surface area contributed by atoms with E-state index in [4.69, 9.17) is 4.74 Å². The lowest BCUT2D eigenvalue weighted by Crippen LogP contribution is -2.05. The molecule has 0 amide bonds. The van der Waals surface area contributed by atoms with Crippen molar-refractivity contribution in [1.82, 2.24) is 0 Å². The van der Waals surface area contributed by atoms with Gasteiger partial charge < -0.3 is 9.47 Å². The fraction of sp³-hybridized carbons (Fsp3) is 0.167. The second-order valence-electron chi connectivity index (χ2n) is 2.98. The number of aldehydes is 1. The van der Waals surface area contributed by atoms with E-state index in [-0.39, 0.29) is 5.57 Å². The molecule has 0 bridgehead atoms. The van der Waals surface area contributed by atoms with E-state index in [0.717, 1.165) is 5.56 Å². The maximum Gasteiger partial charge on any atom is 0.341 e. The molecule has 0 spiro atoms. The van der Waals surface area contributed by atoms with Gasteiger partial charge in [-0.05, 0) is 23.8 Å². The second kappa shape index (κ2) is 5.70. The summed E-state index contributed by atoms with van der Waals surface area (Å²) in [5, 5.41) is 0. The molecule has 4 nitrogen and oxygen atoms in total. The van der Waals surface area contributed by atoms with Crippen molar-refractivity contribution in [3.05, 3.63) is 35.4 Å². The van der Waals surface area contributed by atoms with Crippen molar-refractivity contribution in [3.63, 3.8) is 0 Å². The molecule has 0 aliphatic heterocycles. The van der Waals surface area contributed by atoms with Gasteiger partial charge in [-0.25, -0.2) is 4.79 Å². The van der Waals surface area contributed by atoms with Crippen LogP contribution >= 0.6 is 0 Å². The predicted molar refractivity (Wildman–Crippen MR) is 59.1 cm³/mol. The Morgan fingerprint density at radius 2 is 1.81 bits per heavy atom. The van der Waals surface area contributed by atoms with Gasteiger partial charge in [-0.2, -0.15) is 0 Å². The number of ether oxygens (including phenoxy) is 2. The number of rotatable bonds is 4. The summed E-state index contributed by atoms with van der Waals surface area (Å²) in [6, 6.07) is 6.97. The summed E-state index contributed by atoms with van der Waals surface area (Å²) in [4.78, 5) is 21.8. The molecule has 0 saturated carbocycles. The van der Waals surface area contributed by atoms with Gasteiger partial charge in [-0.1, -0.05) is 12.1 Å². The highest BCUT2D eigenvalue weighted by atomic mass is 16.5. The minimum atomic E-state index is -0.647. The second-order valence-corrected chi connectivity index (χ2v) is 2.98. The van der Waals surface area contributed by atoms with Crippen molar-refractivity contribution in [2.75, 3.05) is 14.2 Å². The molecule has 0 N–H and O–H groups in total. The lowest BCUT2D eigenvalue weighted by molar-refractivity contribution is -0.136. The monoisotopic (exact) mass is 220 g/mol. The number of benzene rings is 1. The normalized spacial score (nSPS) is 10.8. The highest BCUT2D eigenvalue weighted by Crippen LogP contribution is 2.13. The maximum absolute atomic E-state index is 11.1. The van der Waals surface area contributed by atoms with Gasteiger partial charge in [0.25, 0.3) is 0 Å². The summed E-state index contributed by atoms with van der Waals surface area (Å²) < 4.78 is 9.44. The molecule has 0 aliphatic rings. The standard InChI is InChI=1S/C12H12O4/c1-15-11-5-3-9(4-6-11)7-10(8-13)12(14)16-2/h3-8H,1-2H3/b10-7-. The third-order valence-corrected chi connectivity index (χ3v) is 1.99. The molecule has 0 aliphatic carbocycles. The number of methoxy groups -OCH3 is 2. The molecule has 1 aromatic carbocycles. The Hall–Kier alpha value is -2.10. The molecule has 84 valence electrons. The predicted octanol–water partition coefficient (Wildman–Crippen LogP) is 1.45. The number of esters is 1. The van der Waals surface area contributed by atoms with Crippen molar-refractivity contribution in [1.29, 1.82) is 0 Å². The van der Waals surface area contributed by atoms with Crippen molar-refractivity contribution >= 4 is 18.3 Å². The Labute approximate surface area is 93.5 Å². The zero-order valence-electron chi connectivity index (χ0n) is 9.10. The first-order chi connectivity index (χ1) is 7.71. The van der Waals surface area contributed by atoms with E-state index >= 15 is 0 Å². The molecule has 0 atom stereocenters. The smallest absolute Gasteiger partial charge is 0.341 e. The van der Waals surface area contributed by atoms with E-state index in [2.05, 4.69) is 4.74 Å². The summed E-state index contributed by atoms with van der Waals surface area (Å²) >= 11 is 0. The topological polar surface area (TPSA) is 52.6 Å². The molecule has 4 heteroatoms. The summed E-state index contributed by atoms with van der Waals surface area (Å²) in [6.07, 6.45) is 1.92. The van der Waals surface area contributed by atoms with E-state index in [9.17, 15) is 9.59 Å². The largest absolute Gasteiger partial charge is 0.497 e. The third-order valence-electron chi connectivity index (χ3n) is 1.99. The van der Waals surface area contributed by atoms with Crippen molar-refractivity contribution in [2.45, 2.75) is 0 Å². The Kier molecular flexibility index (Phi) is 4.27. The minimum Gasteiger partial charge on any atom is -0.497 e. The molecular formula is C12H12O4. The molecule has 0 saturated heterocycles. The van der Waals surface area contributed by atoms with Crippen LogP contribution in [0.5, 0.6) is 5.75 Å². The average Bonchev–Trinajstić information content (AvgIpc) is 2.35. The number of hydrogen-bond donors (Lipinski definition) is 0. The summed E-state index contributed by atoms with van der Waals surface area (Å²) in [5.74, 6) is 0.0636. The van der Waals surface area contributed by atoms with Gasteiger partial charge in [-0.15, -0.1) is 0 Å². The van der Waals surface area contributed by atoms with Crippen LogP contribution in [0.25, 0.3) is 6.08 Å². The molecule has 1 rings (SSSR count). The van der Waals surface area contributed by atoms with Crippen LogP contribution in [0.2, 0.25) is 0 Å². The zero-order chi connectivity index (χ0) is 12.0. The molecule has 0 heterocycles. The molecule has 0 radical (unpaired) electrons. The van der Waals surface area contributed by atoms with Gasteiger partial charge in [0.1, 0.15) is 5.75 Å². The third kappa shape index (κ3) is 2.95. The van der Waals surface area contributed by atoms with Gasteiger partial charge in [0.15, 0.2) is 6.29 Å². The molecule has 16 heavy (non-hydrogen) atoms. The minimum absolute atomic E-state index is 0.0207. The average molecular weight is 220 g/mol. The Bertz CT molecular complexity index is 404. The highest BCUT2D eigenvalue weighted by molar-refractivity contribution is 6.11. The fourth-order valence-electron chi connectivity index (χ4n) is 1.14. The Morgan fingerprint density at radius 1 is 1.19 bits per heavy atom. The molecular weight excluding hydrogens is 208 g/mol. The van der Waals surface area contributed by atoms with Gasteiger partial charge >= 0.3 is 5.97 Å². The van der Waals surface area contributed by atoms with Crippen LogP contribution in [0.4, 0.5) is 0 Å². The van der Waals surface area contributed by atoms with Crippen LogP contribution in [-0.2, 0) is 14.3 Å². The van der Waals surface area contributed by atoms with Gasteiger partial charge in [0.2, 0.25) is 0 Å². The molecule has 0 unspecified atom stereocenters. The van der Waals surface area contributed by atoms with E-state index in [1.54, 1.807) is 31.4 Å². The van der Waals surface area contributed by atoms with Crippen LogP contribution in [0, 0.1) is 0 Å². The van der Waals surface area contributed by atoms with Gasteiger partial charge in [0, 0.05) is 0 Å².